The lowest BCUT2D eigenvalue weighted by Crippen LogP contribution is -2.37. The molecule has 1 unspecified atom stereocenters. The van der Waals surface area contributed by atoms with Gasteiger partial charge < -0.3 is 4.74 Å². The summed E-state index contributed by atoms with van der Waals surface area (Å²) in [7, 11) is 0. The van der Waals surface area contributed by atoms with Gasteiger partial charge in [-0.2, -0.15) is 0 Å². The summed E-state index contributed by atoms with van der Waals surface area (Å²) in [5.74, 6) is 0.911. The molecular weight excluding hydrogens is 186 g/mol. The summed E-state index contributed by atoms with van der Waals surface area (Å²) in [6, 6.07) is 0.175. The highest BCUT2D eigenvalue weighted by molar-refractivity contribution is 5.84. The normalized spacial score (nSPS) is 29.0. The summed E-state index contributed by atoms with van der Waals surface area (Å²) in [5, 5.41) is 0. The number of rotatable bonds is 1. The van der Waals surface area contributed by atoms with Gasteiger partial charge in [0, 0.05) is 5.41 Å². The Bertz CT molecular complexity index is 292. The topological polar surface area (TPSA) is 21.6 Å². The van der Waals surface area contributed by atoms with E-state index in [2.05, 4.69) is 32.3 Å². The lowest BCUT2D eigenvalue weighted by molar-refractivity contribution is 0.0653. The molecule has 1 saturated carbocycles. The van der Waals surface area contributed by atoms with Crippen LogP contribution in [0.3, 0.4) is 0 Å². The summed E-state index contributed by atoms with van der Waals surface area (Å²) < 4.78 is 6.16. The Hall–Kier alpha value is -0.790. The summed E-state index contributed by atoms with van der Waals surface area (Å²) in [5.41, 5.74) is -0.0162. The monoisotopic (exact) mass is 207 g/mol. The van der Waals surface area contributed by atoms with Gasteiger partial charge in [-0.3, -0.25) is 0 Å². The van der Waals surface area contributed by atoms with E-state index >= 15 is 0 Å². The molecule has 0 amide bonds. The molecule has 0 bridgehead atoms. The standard InChI is InChI=1S/C13H21NO/c1-5-10-13(8-6-7-9-13)15-11(14-10)12(2,3)4/h5,10H,1,6-9H2,2-4H3. The largest absolute Gasteiger partial charge is 0.471 e. The van der Waals surface area contributed by atoms with Gasteiger partial charge >= 0.3 is 0 Å². The maximum absolute atomic E-state index is 6.16. The molecule has 1 aliphatic carbocycles. The Balaban J connectivity index is 2.24. The second-order valence-electron chi connectivity index (χ2n) is 5.74. The van der Waals surface area contributed by atoms with E-state index in [0.29, 0.717) is 0 Å². The molecule has 84 valence electrons. The van der Waals surface area contributed by atoms with E-state index in [-0.39, 0.29) is 17.1 Å². The van der Waals surface area contributed by atoms with Gasteiger partial charge in [-0.15, -0.1) is 6.58 Å². The first-order valence-corrected chi connectivity index (χ1v) is 5.88. The van der Waals surface area contributed by atoms with Crippen LogP contribution in [0.25, 0.3) is 0 Å². The molecule has 2 aliphatic rings. The van der Waals surface area contributed by atoms with Crippen LogP contribution in [0.1, 0.15) is 46.5 Å². The molecule has 15 heavy (non-hydrogen) atoms. The van der Waals surface area contributed by atoms with Crippen molar-refractivity contribution in [2.45, 2.75) is 58.1 Å². The minimum absolute atomic E-state index is 0.0212. The first-order valence-electron chi connectivity index (χ1n) is 5.88. The fraction of sp³-hybridized carbons (Fsp3) is 0.769. The molecule has 0 aromatic carbocycles. The smallest absolute Gasteiger partial charge is 0.190 e. The van der Waals surface area contributed by atoms with Gasteiger partial charge in [0.25, 0.3) is 0 Å². The quantitative estimate of drug-likeness (QED) is 0.604. The molecule has 1 heterocycles. The lowest BCUT2D eigenvalue weighted by atomic mass is 9.93. The molecule has 1 aliphatic heterocycles. The molecule has 1 atom stereocenters. The first-order chi connectivity index (χ1) is 6.98. The van der Waals surface area contributed by atoms with E-state index in [4.69, 9.17) is 4.74 Å². The third-order valence-corrected chi connectivity index (χ3v) is 3.41. The summed E-state index contributed by atoms with van der Waals surface area (Å²) in [6.45, 7) is 10.3. The fourth-order valence-corrected chi connectivity index (χ4v) is 2.51. The molecule has 0 radical (unpaired) electrons. The van der Waals surface area contributed by atoms with Crippen molar-refractivity contribution in [2.75, 3.05) is 0 Å². The van der Waals surface area contributed by atoms with Gasteiger partial charge in [-0.1, -0.05) is 26.8 Å². The van der Waals surface area contributed by atoms with Crippen molar-refractivity contribution in [3.63, 3.8) is 0 Å². The van der Waals surface area contributed by atoms with Crippen LogP contribution in [0, 0.1) is 5.41 Å². The molecule has 0 aromatic heterocycles. The number of ether oxygens (including phenoxy) is 1. The average Bonchev–Trinajstić information content (AvgIpc) is 2.73. The van der Waals surface area contributed by atoms with Crippen molar-refractivity contribution >= 4 is 5.90 Å². The second-order valence-corrected chi connectivity index (χ2v) is 5.74. The van der Waals surface area contributed by atoms with Crippen molar-refractivity contribution in [1.29, 1.82) is 0 Å². The van der Waals surface area contributed by atoms with Crippen LogP contribution in [0.15, 0.2) is 17.6 Å². The first kappa shape index (κ1) is 10.7. The summed E-state index contributed by atoms with van der Waals surface area (Å²) in [6.07, 6.45) is 6.73. The van der Waals surface area contributed by atoms with Crippen LogP contribution in [0.5, 0.6) is 0 Å². The van der Waals surface area contributed by atoms with Crippen molar-refractivity contribution in [1.82, 2.24) is 0 Å². The lowest BCUT2D eigenvalue weighted by Gasteiger charge is -2.29. The zero-order chi connectivity index (χ0) is 11.1. The highest BCUT2D eigenvalue weighted by Gasteiger charge is 2.49. The SMILES string of the molecule is C=CC1N=C(C(C)(C)C)OC12CCCC2. The van der Waals surface area contributed by atoms with Crippen molar-refractivity contribution < 1.29 is 4.74 Å². The minimum Gasteiger partial charge on any atom is -0.471 e. The van der Waals surface area contributed by atoms with E-state index in [0.717, 1.165) is 18.7 Å². The highest BCUT2D eigenvalue weighted by atomic mass is 16.5. The van der Waals surface area contributed by atoms with Crippen molar-refractivity contribution in [3.8, 4) is 0 Å². The van der Waals surface area contributed by atoms with Crippen LogP contribution < -0.4 is 0 Å². The average molecular weight is 207 g/mol. The predicted molar refractivity (Wildman–Crippen MR) is 63.2 cm³/mol. The third-order valence-electron chi connectivity index (χ3n) is 3.41. The predicted octanol–water partition coefficient (Wildman–Crippen LogP) is 3.33. The van der Waals surface area contributed by atoms with Gasteiger partial charge in [-0.25, -0.2) is 4.99 Å². The fourth-order valence-electron chi connectivity index (χ4n) is 2.51. The van der Waals surface area contributed by atoms with E-state index in [9.17, 15) is 0 Å². The van der Waals surface area contributed by atoms with E-state index < -0.39 is 0 Å². The molecule has 0 saturated heterocycles. The molecule has 1 fully saturated rings. The van der Waals surface area contributed by atoms with Gasteiger partial charge in [0.05, 0.1) is 0 Å². The molecule has 0 N–H and O–H groups in total. The molecule has 2 heteroatoms. The summed E-state index contributed by atoms with van der Waals surface area (Å²) in [4.78, 5) is 4.69. The Morgan fingerprint density at radius 2 is 2.00 bits per heavy atom. The molecular formula is C13H21NO. The van der Waals surface area contributed by atoms with E-state index in [1.54, 1.807) is 0 Å². The highest BCUT2D eigenvalue weighted by Crippen LogP contribution is 2.43. The van der Waals surface area contributed by atoms with Crippen LogP contribution in [-0.2, 0) is 4.74 Å². The zero-order valence-corrected chi connectivity index (χ0v) is 10.0. The Morgan fingerprint density at radius 1 is 1.40 bits per heavy atom. The third kappa shape index (κ3) is 1.70. The van der Waals surface area contributed by atoms with Gasteiger partial charge in [0.2, 0.25) is 0 Å². The second kappa shape index (κ2) is 3.36. The maximum Gasteiger partial charge on any atom is 0.190 e. The summed E-state index contributed by atoms with van der Waals surface area (Å²) >= 11 is 0. The molecule has 0 aromatic rings. The van der Waals surface area contributed by atoms with Crippen LogP contribution in [0.2, 0.25) is 0 Å². The number of nitrogens with zero attached hydrogens (tertiary/aromatic N) is 1. The Kier molecular flexibility index (Phi) is 2.40. The number of aliphatic imine (C=N–C) groups is 1. The van der Waals surface area contributed by atoms with Gasteiger partial charge in [0.15, 0.2) is 5.90 Å². The van der Waals surface area contributed by atoms with E-state index in [1.165, 1.54) is 12.8 Å². The van der Waals surface area contributed by atoms with Crippen LogP contribution >= 0.6 is 0 Å². The maximum atomic E-state index is 6.16. The van der Waals surface area contributed by atoms with Crippen molar-refractivity contribution in [2.24, 2.45) is 10.4 Å². The minimum atomic E-state index is -0.0373. The molecule has 1 spiro atoms. The molecule has 2 nitrogen and oxygen atoms in total. The zero-order valence-electron chi connectivity index (χ0n) is 10.0. The molecule has 2 rings (SSSR count). The Morgan fingerprint density at radius 3 is 2.47 bits per heavy atom. The van der Waals surface area contributed by atoms with Crippen LogP contribution in [0.4, 0.5) is 0 Å². The van der Waals surface area contributed by atoms with Crippen molar-refractivity contribution in [3.05, 3.63) is 12.7 Å². The number of hydrogen-bond acceptors (Lipinski definition) is 2. The van der Waals surface area contributed by atoms with Crippen LogP contribution in [-0.4, -0.2) is 17.5 Å². The van der Waals surface area contributed by atoms with Gasteiger partial charge in [-0.05, 0) is 25.7 Å². The number of hydrogen-bond donors (Lipinski definition) is 0. The van der Waals surface area contributed by atoms with E-state index in [1.807, 2.05) is 6.08 Å². The van der Waals surface area contributed by atoms with Gasteiger partial charge in [0.1, 0.15) is 11.6 Å². The Labute approximate surface area is 92.4 Å².